The predicted octanol–water partition coefficient (Wildman–Crippen LogP) is 3.77. The minimum atomic E-state index is -0.0911. The zero-order chi connectivity index (χ0) is 19.4. The van der Waals surface area contributed by atoms with E-state index in [9.17, 15) is 9.59 Å². The number of hydrogen-bond acceptors (Lipinski definition) is 3. The molecule has 0 radical (unpaired) electrons. The summed E-state index contributed by atoms with van der Waals surface area (Å²) in [5.41, 5.74) is 9.56. The monoisotopic (exact) mass is 365 g/mol. The van der Waals surface area contributed by atoms with E-state index in [1.54, 1.807) is 18.2 Å². The molecular formula is C22H27N3O2. The largest absolute Gasteiger partial charge is 0.399 e. The van der Waals surface area contributed by atoms with Gasteiger partial charge in [-0.3, -0.25) is 9.59 Å². The molecule has 1 unspecified atom stereocenters. The number of likely N-dealkylation sites (tertiary alicyclic amines) is 1. The number of benzene rings is 2. The summed E-state index contributed by atoms with van der Waals surface area (Å²) in [5, 5.41) is 2.93. The van der Waals surface area contributed by atoms with Crippen LogP contribution in [0, 0.1) is 6.92 Å². The average Bonchev–Trinajstić information content (AvgIpc) is 2.65. The minimum Gasteiger partial charge on any atom is -0.399 e. The summed E-state index contributed by atoms with van der Waals surface area (Å²) in [6.07, 6.45) is 3.59. The van der Waals surface area contributed by atoms with Crippen LogP contribution in [0.1, 0.15) is 47.7 Å². The van der Waals surface area contributed by atoms with Crippen molar-refractivity contribution in [3.63, 3.8) is 0 Å². The summed E-state index contributed by atoms with van der Waals surface area (Å²) in [7, 11) is 0. The quantitative estimate of drug-likeness (QED) is 0.810. The van der Waals surface area contributed by atoms with Crippen molar-refractivity contribution in [1.29, 1.82) is 0 Å². The van der Waals surface area contributed by atoms with Gasteiger partial charge < -0.3 is 16.0 Å². The molecule has 3 rings (SSSR count). The SMILES string of the molecule is Cc1cc(C(=O)N2CCCCC2C)ccc1NC(=O)Cc1ccc(N)cc1. The third kappa shape index (κ3) is 4.67. The van der Waals surface area contributed by atoms with Crippen molar-refractivity contribution in [2.45, 2.75) is 45.6 Å². The number of aryl methyl sites for hydroxylation is 1. The lowest BCUT2D eigenvalue weighted by Gasteiger charge is -2.33. The van der Waals surface area contributed by atoms with E-state index < -0.39 is 0 Å². The highest BCUT2D eigenvalue weighted by molar-refractivity contribution is 5.97. The van der Waals surface area contributed by atoms with E-state index in [1.165, 1.54) is 6.42 Å². The molecule has 0 aromatic heterocycles. The van der Waals surface area contributed by atoms with E-state index in [0.29, 0.717) is 11.3 Å². The van der Waals surface area contributed by atoms with Crippen molar-refractivity contribution in [2.24, 2.45) is 0 Å². The fraction of sp³-hybridized carbons (Fsp3) is 0.364. The van der Waals surface area contributed by atoms with Gasteiger partial charge in [-0.25, -0.2) is 0 Å². The molecule has 27 heavy (non-hydrogen) atoms. The van der Waals surface area contributed by atoms with Crippen molar-refractivity contribution in [3.05, 3.63) is 59.2 Å². The molecule has 2 aromatic carbocycles. The summed E-state index contributed by atoms with van der Waals surface area (Å²) in [4.78, 5) is 27.1. The second kappa shape index (κ2) is 8.25. The molecule has 1 heterocycles. The van der Waals surface area contributed by atoms with Gasteiger partial charge in [0, 0.05) is 29.5 Å². The lowest BCUT2D eigenvalue weighted by molar-refractivity contribution is -0.115. The molecule has 1 aliphatic heterocycles. The van der Waals surface area contributed by atoms with Crippen molar-refractivity contribution in [2.75, 3.05) is 17.6 Å². The number of nitrogens with two attached hydrogens (primary N) is 1. The fourth-order valence-corrected chi connectivity index (χ4v) is 3.52. The standard InChI is InChI=1S/C22H27N3O2/c1-15-13-18(22(27)25-12-4-3-5-16(25)2)8-11-20(15)24-21(26)14-17-6-9-19(23)10-7-17/h6-11,13,16H,3-5,12,14,23H2,1-2H3,(H,24,26). The summed E-state index contributed by atoms with van der Waals surface area (Å²) in [6, 6.07) is 13.0. The highest BCUT2D eigenvalue weighted by atomic mass is 16.2. The number of nitrogen functional groups attached to an aromatic ring is 1. The molecule has 142 valence electrons. The molecule has 2 amide bonds. The molecule has 0 aliphatic carbocycles. The first-order valence-corrected chi connectivity index (χ1v) is 9.50. The first-order valence-electron chi connectivity index (χ1n) is 9.50. The van der Waals surface area contributed by atoms with Crippen LogP contribution in [0.2, 0.25) is 0 Å². The van der Waals surface area contributed by atoms with Crippen LogP contribution in [-0.2, 0) is 11.2 Å². The van der Waals surface area contributed by atoms with E-state index in [4.69, 9.17) is 5.73 Å². The van der Waals surface area contributed by atoms with Gasteiger partial charge in [0.25, 0.3) is 5.91 Å². The van der Waals surface area contributed by atoms with Gasteiger partial charge in [-0.05, 0) is 74.6 Å². The Labute approximate surface area is 160 Å². The van der Waals surface area contributed by atoms with E-state index >= 15 is 0 Å². The molecular weight excluding hydrogens is 338 g/mol. The van der Waals surface area contributed by atoms with Crippen LogP contribution in [0.5, 0.6) is 0 Å². The number of hydrogen-bond donors (Lipinski definition) is 2. The Morgan fingerprint density at radius 2 is 1.89 bits per heavy atom. The predicted molar refractivity (Wildman–Crippen MR) is 109 cm³/mol. The van der Waals surface area contributed by atoms with Crippen molar-refractivity contribution in [1.82, 2.24) is 4.90 Å². The third-order valence-corrected chi connectivity index (χ3v) is 5.16. The number of rotatable bonds is 4. The highest BCUT2D eigenvalue weighted by Gasteiger charge is 2.24. The smallest absolute Gasteiger partial charge is 0.254 e. The van der Waals surface area contributed by atoms with Crippen LogP contribution < -0.4 is 11.1 Å². The molecule has 0 bridgehead atoms. The number of nitrogens with one attached hydrogen (secondary N) is 1. The molecule has 3 N–H and O–H groups in total. The van der Waals surface area contributed by atoms with Crippen LogP contribution in [0.15, 0.2) is 42.5 Å². The first-order chi connectivity index (χ1) is 12.9. The van der Waals surface area contributed by atoms with Gasteiger partial charge in [-0.15, -0.1) is 0 Å². The molecule has 1 fully saturated rings. The van der Waals surface area contributed by atoms with E-state index in [0.717, 1.165) is 36.2 Å². The third-order valence-electron chi connectivity index (χ3n) is 5.16. The van der Waals surface area contributed by atoms with E-state index in [1.807, 2.05) is 36.1 Å². The zero-order valence-electron chi connectivity index (χ0n) is 16.0. The summed E-state index contributed by atoms with van der Waals surface area (Å²) < 4.78 is 0. The number of carbonyl (C=O) groups is 2. The Kier molecular flexibility index (Phi) is 5.79. The topological polar surface area (TPSA) is 75.4 Å². The number of piperidine rings is 1. The highest BCUT2D eigenvalue weighted by Crippen LogP contribution is 2.22. The molecule has 1 aliphatic rings. The van der Waals surface area contributed by atoms with Crippen molar-refractivity contribution < 1.29 is 9.59 Å². The maximum atomic E-state index is 12.8. The zero-order valence-corrected chi connectivity index (χ0v) is 16.0. The number of anilines is 2. The second-order valence-corrected chi connectivity index (χ2v) is 7.34. The maximum Gasteiger partial charge on any atom is 0.254 e. The second-order valence-electron chi connectivity index (χ2n) is 7.34. The molecule has 0 spiro atoms. The van der Waals surface area contributed by atoms with Crippen LogP contribution in [0.3, 0.4) is 0 Å². The van der Waals surface area contributed by atoms with E-state index in [-0.39, 0.29) is 24.3 Å². The molecule has 2 aromatic rings. The van der Waals surface area contributed by atoms with Gasteiger partial charge in [-0.1, -0.05) is 12.1 Å². The van der Waals surface area contributed by atoms with E-state index in [2.05, 4.69) is 12.2 Å². The summed E-state index contributed by atoms with van der Waals surface area (Å²) in [6.45, 7) is 4.84. The number of nitrogens with zero attached hydrogens (tertiary/aromatic N) is 1. The first kappa shape index (κ1) is 19.0. The fourth-order valence-electron chi connectivity index (χ4n) is 3.52. The van der Waals surface area contributed by atoms with Gasteiger partial charge in [0.1, 0.15) is 0 Å². The molecule has 1 atom stereocenters. The Morgan fingerprint density at radius 3 is 2.56 bits per heavy atom. The van der Waals surface area contributed by atoms with Crippen LogP contribution in [-0.4, -0.2) is 29.3 Å². The molecule has 5 nitrogen and oxygen atoms in total. The van der Waals surface area contributed by atoms with Crippen LogP contribution in [0.25, 0.3) is 0 Å². The van der Waals surface area contributed by atoms with Crippen LogP contribution >= 0.6 is 0 Å². The Morgan fingerprint density at radius 1 is 1.15 bits per heavy atom. The van der Waals surface area contributed by atoms with Gasteiger partial charge in [0.15, 0.2) is 0 Å². The van der Waals surface area contributed by atoms with Gasteiger partial charge in [0.2, 0.25) is 5.91 Å². The van der Waals surface area contributed by atoms with Gasteiger partial charge in [-0.2, -0.15) is 0 Å². The summed E-state index contributed by atoms with van der Waals surface area (Å²) in [5.74, 6) is -0.0170. The van der Waals surface area contributed by atoms with Gasteiger partial charge >= 0.3 is 0 Å². The lowest BCUT2D eigenvalue weighted by Crippen LogP contribution is -2.42. The Balaban J connectivity index is 1.66. The van der Waals surface area contributed by atoms with Crippen molar-refractivity contribution >= 4 is 23.2 Å². The molecule has 0 saturated carbocycles. The Bertz CT molecular complexity index is 830. The van der Waals surface area contributed by atoms with Crippen LogP contribution in [0.4, 0.5) is 11.4 Å². The lowest BCUT2D eigenvalue weighted by atomic mass is 10.0. The normalized spacial score (nSPS) is 16.8. The average molecular weight is 365 g/mol. The summed E-state index contributed by atoms with van der Waals surface area (Å²) >= 11 is 0. The Hall–Kier alpha value is -2.82. The maximum absolute atomic E-state index is 12.8. The minimum absolute atomic E-state index is 0.0741. The molecule has 5 heteroatoms. The van der Waals surface area contributed by atoms with Crippen molar-refractivity contribution in [3.8, 4) is 0 Å². The van der Waals surface area contributed by atoms with Gasteiger partial charge in [0.05, 0.1) is 6.42 Å². The number of amides is 2. The number of carbonyl (C=O) groups excluding carboxylic acids is 2. The molecule has 1 saturated heterocycles.